The van der Waals surface area contributed by atoms with Crippen molar-refractivity contribution in [3.05, 3.63) is 58.7 Å². The molecule has 92 valence electrons. The first-order valence-corrected chi connectivity index (χ1v) is 5.55. The van der Waals surface area contributed by atoms with Gasteiger partial charge in [0.1, 0.15) is 6.29 Å². The van der Waals surface area contributed by atoms with E-state index < -0.39 is 11.6 Å². The number of carbonyl (C=O) groups is 1. The van der Waals surface area contributed by atoms with Gasteiger partial charge in [-0.15, -0.1) is 0 Å². The minimum Gasteiger partial charge on any atom is -0.298 e. The summed E-state index contributed by atoms with van der Waals surface area (Å²) in [5, 5.41) is 0. The Morgan fingerprint density at radius 3 is 2.28 bits per heavy atom. The summed E-state index contributed by atoms with van der Waals surface area (Å²) in [6, 6.07) is 7.89. The molecule has 0 aliphatic rings. The van der Waals surface area contributed by atoms with Gasteiger partial charge in [0.15, 0.2) is 11.6 Å². The molecule has 1 nitrogen and oxygen atoms in total. The predicted octanol–water partition coefficient (Wildman–Crippen LogP) is 4.06. The molecule has 0 bridgehead atoms. The van der Waals surface area contributed by atoms with Gasteiger partial charge in [-0.05, 0) is 54.3 Å². The third-order valence-electron chi connectivity index (χ3n) is 2.91. The Kier molecular flexibility index (Phi) is 3.24. The van der Waals surface area contributed by atoms with Crippen molar-refractivity contribution >= 4 is 6.29 Å². The average molecular weight is 246 g/mol. The molecule has 0 aliphatic carbocycles. The molecule has 2 aromatic carbocycles. The van der Waals surface area contributed by atoms with Gasteiger partial charge in [0.05, 0.1) is 0 Å². The Balaban J connectivity index is 2.59. The first kappa shape index (κ1) is 12.4. The van der Waals surface area contributed by atoms with Crippen molar-refractivity contribution in [1.82, 2.24) is 0 Å². The second-order valence-corrected chi connectivity index (χ2v) is 4.28. The van der Waals surface area contributed by atoms with Crippen LogP contribution in [-0.2, 0) is 0 Å². The van der Waals surface area contributed by atoms with Gasteiger partial charge in [0, 0.05) is 5.56 Å². The van der Waals surface area contributed by atoms with E-state index in [0.29, 0.717) is 11.1 Å². The quantitative estimate of drug-likeness (QED) is 0.730. The first-order chi connectivity index (χ1) is 8.52. The zero-order chi connectivity index (χ0) is 13.3. The molecule has 0 aromatic heterocycles. The molecule has 2 aromatic rings. The molecule has 0 heterocycles. The molecular formula is C15H12F2O. The van der Waals surface area contributed by atoms with Crippen molar-refractivity contribution in [3.8, 4) is 11.1 Å². The topological polar surface area (TPSA) is 17.1 Å². The summed E-state index contributed by atoms with van der Waals surface area (Å²) in [5.74, 6) is -1.68. The lowest BCUT2D eigenvalue weighted by atomic mass is 9.97. The molecule has 0 spiro atoms. The van der Waals surface area contributed by atoms with E-state index in [1.54, 1.807) is 24.3 Å². The van der Waals surface area contributed by atoms with Crippen LogP contribution < -0.4 is 0 Å². The van der Waals surface area contributed by atoms with E-state index in [1.165, 1.54) is 13.0 Å². The highest BCUT2D eigenvalue weighted by molar-refractivity contribution is 5.78. The molecule has 3 heteroatoms. The van der Waals surface area contributed by atoms with Gasteiger partial charge in [0.25, 0.3) is 0 Å². The number of aldehydes is 1. The van der Waals surface area contributed by atoms with Crippen LogP contribution in [0.2, 0.25) is 0 Å². The van der Waals surface area contributed by atoms with Crippen LogP contribution in [0.25, 0.3) is 11.1 Å². The number of halogens is 2. The average Bonchev–Trinajstić information content (AvgIpc) is 2.35. The van der Waals surface area contributed by atoms with E-state index in [-0.39, 0.29) is 5.56 Å². The molecule has 0 radical (unpaired) electrons. The SMILES string of the molecule is Cc1cc(C=O)ccc1-c1cc(C)c(F)c(F)c1. The van der Waals surface area contributed by atoms with Crippen LogP contribution in [0.15, 0.2) is 30.3 Å². The summed E-state index contributed by atoms with van der Waals surface area (Å²) in [4.78, 5) is 10.6. The molecule has 0 aliphatic heterocycles. The van der Waals surface area contributed by atoms with E-state index in [4.69, 9.17) is 0 Å². The van der Waals surface area contributed by atoms with Crippen LogP contribution in [0.1, 0.15) is 21.5 Å². The largest absolute Gasteiger partial charge is 0.298 e. The number of rotatable bonds is 2. The molecular weight excluding hydrogens is 234 g/mol. The fourth-order valence-electron chi connectivity index (χ4n) is 1.97. The van der Waals surface area contributed by atoms with Crippen LogP contribution in [0.4, 0.5) is 8.78 Å². The van der Waals surface area contributed by atoms with Crippen molar-refractivity contribution in [2.45, 2.75) is 13.8 Å². The van der Waals surface area contributed by atoms with Gasteiger partial charge in [-0.2, -0.15) is 0 Å². The lowest BCUT2D eigenvalue weighted by Crippen LogP contribution is -1.93. The van der Waals surface area contributed by atoms with Gasteiger partial charge >= 0.3 is 0 Å². The summed E-state index contributed by atoms with van der Waals surface area (Å²) in [5.41, 5.74) is 3.09. The maximum atomic E-state index is 13.4. The smallest absolute Gasteiger partial charge is 0.161 e. The van der Waals surface area contributed by atoms with E-state index >= 15 is 0 Å². The monoisotopic (exact) mass is 246 g/mol. The lowest BCUT2D eigenvalue weighted by Gasteiger charge is -2.09. The number of aryl methyl sites for hydroxylation is 2. The minimum atomic E-state index is -0.858. The second kappa shape index (κ2) is 4.69. The summed E-state index contributed by atoms with van der Waals surface area (Å²) >= 11 is 0. The summed E-state index contributed by atoms with van der Waals surface area (Å²) in [6.45, 7) is 3.36. The van der Waals surface area contributed by atoms with E-state index in [2.05, 4.69) is 0 Å². The Hall–Kier alpha value is -2.03. The molecule has 0 amide bonds. The van der Waals surface area contributed by atoms with E-state index in [0.717, 1.165) is 17.4 Å². The van der Waals surface area contributed by atoms with Gasteiger partial charge in [-0.25, -0.2) is 8.78 Å². The maximum Gasteiger partial charge on any atom is 0.161 e. The third kappa shape index (κ3) is 2.16. The van der Waals surface area contributed by atoms with Gasteiger partial charge in [-0.1, -0.05) is 12.1 Å². The van der Waals surface area contributed by atoms with E-state index in [1.807, 2.05) is 6.92 Å². The van der Waals surface area contributed by atoms with E-state index in [9.17, 15) is 13.6 Å². The molecule has 0 saturated carbocycles. The number of benzene rings is 2. The van der Waals surface area contributed by atoms with Crippen molar-refractivity contribution in [2.24, 2.45) is 0 Å². The molecule has 18 heavy (non-hydrogen) atoms. The highest BCUT2D eigenvalue weighted by Gasteiger charge is 2.10. The third-order valence-corrected chi connectivity index (χ3v) is 2.91. The second-order valence-electron chi connectivity index (χ2n) is 4.28. The Labute approximate surface area is 104 Å². The first-order valence-electron chi connectivity index (χ1n) is 5.55. The number of hydrogen-bond acceptors (Lipinski definition) is 1. The number of carbonyl (C=O) groups excluding carboxylic acids is 1. The molecule has 0 N–H and O–H groups in total. The standard InChI is InChI=1S/C15H12F2O/c1-9-5-11(8-18)3-4-13(9)12-6-10(2)15(17)14(16)7-12/h3-8H,1-2H3. The normalized spacial score (nSPS) is 10.4. The molecule has 0 unspecified atom stereocenters. The highest BCUT2D eigenvalue weighted by Crippen LogP contribution is 2.27. The Morgan fingerprint density at radius 2 is 1.72 bits per heavy atom. The molecule has 0 fully saturated rings. The summed E-state index contributed by atoms with van der Waals surface area (Å²) < 4.78 is 26.6. The van der Waals surface area contributed by atoms with Gasteiger partial charge < -0.3 is 0 Å². The number of hydrogen-bond donors (Lipinski definition) is 0. The predicted molar refractivity (Wildman–Crippen MR) is 66.7 cm³/mol. The molecule has 0 saturated heterocycles. The Morgan fingerprint density at radius 1 is 1.00 bits per heavy atom. The molecule has 2 rings (SSSR count). The van der Waals surface area contributed by atoms with Crippen molar-refractivity contribution in [3.63, 3.8) is 0 Å². The Bertz CT molecular complexity index is 595. The van der Waals surface area contributed by atoms with Crippen LogP contribution in [-0.4, -0.2) is 6.29 Å². The van der Waals surface area contributed by atoms with Crippen molar-refractivity contribution in [1.29, 1.82) is 0 Å². The van der Waals surface area contributed by atoms with Crippen molar-refractivity contribution in [2.75, 3.05) is 0 Å². The van der Waals surface area contributed by atoms with Crippen LogP contribution in [0.3, 0.4) is 0 Å². The summed E-state index contributed by atoms with van der Waals surface area (Å²) in [7, 11) is 0. The summed E-state index contributed by atoms with van der Waals surface area (Å²) in [6.07, 6.45) is 0.757. The van der Waals surface area contributed by atoms with Crippen molar-refractivity contribution < 1.29 is 13.6 Å². The molecule has 0 atom stereocenters. The van der Waals surface area contributed by atoms with Gasteiger partial charge in [0.2, 0.25) is 0 Å². The zero-order valence-corrected chi connectivity index (χ0v) is 10.1. The van der Waals surface area contributed by atoms with Crippen LogP contribution >= 0.6 is 0 Å². The fourth-order valence-corrected chi connectivity index (χ4v) is 1.97. The fraction of sp³-hybridized carbons (Fsp3) is 0.133. The van der Waals surface area contributed by atoms with Crippen LogP contribution in [0.5, 0.6) is 0 Å². The minimum absolute atomic E-state index is 0.267. The maximum absolute atomic E-state index is 13.4. The zero-order valence-electron chi connectivity index (χ0n) is 10.1. The van der Waals surface area contributed by atoms with Gasteiger partial charge in [-0.3, -0.25) is 4.79 Å². The lowest BCUT2D eigenvalue weighted by molar-refractivity contribution is 0.112. The van der Waals surface area contributed by atoms with Crippen LogP contribution in [0, 0.1) is 25.5 Å². The highest BCUT2D eigenvalue weighted by atomic mass is 19.2.